The molecule has 40 valence electrons. The second kappa shape index (κ2) is 1.22. The van der Waals surface area contributed by atoms with Gasteiger partial charge in [-0.25, -0.2) is 0 Å². The molecule has 7 heavy (non-hydrogen) atoms. The molecule has 1 atom stereocenters. The van der Waals surface area contributed by atoms with E-state index in [1.54, 1.807) is 4.90 Å². The molecule has 1 amide bonds. The smallest absolute Gasteiger partial charge is 0.224 e. The Morgan fingerprint density at radius 3 is 2.43 bits per heavy atom. The predicted molar refractivity (Wildman–Crippen MR) is 26.8 cm³/mol. The molecule has 0 N–H and O–H groups in total. The molecule has 0 radical (unpaired) electrons. The highest BCUT2D eigenvalue weighted by molar-refractivity contribution is 5.82. The fraction of sp³-hybridized carbons (Fsp3) is 0.800. The van der Waals surface area contributed by atoms with Crippen molar-refractivity contribution in [2.24, 2.45) is 0 Å². The largest absolute Gasteiger partial charge is 0.342 e. The molecule has 1 unspecified atom stereocenters. The number of rotatable bonds is 0. The summed E-state index contributed by atoms with van der Waals surface area (Å²) >= 11 is 0. The van der Waals surface area contributed by atoms with E-state index in [0.717, 1.165) is 6.42 Å². The first-order valence-corrected chi connectivity index (χ1v) is 2.47. The van der Waals surface area contributed by atoms with Crippen molar-refractivity contribution in [3.8, 4) is 0 Å². The highest BCUT2D eigenvalue weighted by atomic mass is 16.2. The highest BCUT2D eigenvalue weighted by Gasteiger charge is 2.27. The van der Waals surface area contributed by atoms with Crippen molar-refractivity contribution in [2.45, 2.75) is 19.4 Å². The van der Waals surface area contributed by atoms with Gasteiger partial charge in [-0.05, 0) is 6.92 Å². The number of likely N-dealkylation sites (tertiary alicyclic amines) is 1. The Morgan fingerprint density at radius 1 is 1.86 bits per heavy atom. The lowest BCUT2D eigenvalue weighted by Crippen LogP contribution is -2.47. The number of β-lactam (4-membered cyclic amide) rings is 1. The molecule has 1 aliphatic rings. The quantitative estimate of drug-likeness (QED) is 0.398. The minimum absolute atomic E-state index is 0.271. The van der Waals surface area contributed by atoms with Crippen LogP contribution in [0.25, 0.3) is 0 Å². The molecule has 1 saturated heterocycles. The summed E-state index contributed by atoms with van der Waals surface area (Å²) in [4.78, 5) is 12.1. The van der Waals surface area contributed by atoms with E-state index in [4.69, 9.17) is 0 Å². The van der Waals surface area contributed by atoms with Gasteiger partial charge in [-0.2, -0.15) is 0 Å². The topological polar surface area (TPSA) is 20.3 Å². The second-order valence-corrected chi connectivity index (χ2v) is 2.06. The van der Waals surface area contributed by atoms with Gasteiger partial charge in [-0.15, -0.1) is 0 Å². The normalized spacial score (nSPS) is 30.3. The zero-order valence-electron chi connectivity index (χ0n) is 4.64. The van der Waals surface area contributed by atoms with Crippen molar-refractivity contribution >= 4 is 5.91 Å². The zero-order chi connectivity index (χ0) is 5.44. The molecule has 1 aliphatic heterocycles. The van der Waals surface area contributed by atoms with Gasteiger partial charge in [0.15, 0.2) is 0 Å². The molecule has 0 aromatic heterocycles. The van der Waals surface area contributed by atoms with Crippen molar-refractivity contribution in [1.29, 1.82) is 0 Å². The van der Waals surface area contributed by atoms with E-state index >= 15 is 0 Å². The van der Waals surface area contributed by atoms with Crippen LogP contribution in [0.15, 0.2) is 0 Å². The molecule has 2 heteroatoms. The Bertz CT molecular complexity index is 100. The summed E-state index contributed by atoms with van der Waals surface area (Å²) in [6, 6.07) is 0.493. The van der Waals surface area contributed by atoms with Crippen LogP contribution in [0.4, 0.5) is 0 Å². The lowest BCUT2D eigenvalue weighted by atomic mass is 10.1. The lowest BCUT2D eigenvalue weighted by molar-refractivity contribution is -0.142. The van der Waals surface area contributed by atoms with Crippen LogP contribution in [0.2, 0.25) is 0 Å². The maximum Gasteiger partial charge on any atom is 0.224 e. The molecule has 0 aromatic rings. The van der Waals surface area contributed by atoms with E-state index in [2.05, 4.69) is 0 Å². The number of nitrogens with zero attached hydrogens (tertiary/aromatic N) is 1. The minimum atomic E-state index is 0.271. The van der Waals surface area contributed by atoms with Crippen LogP contribution < -0.4 is 0 Å². The number of hydrogen-bond donors (Lipinski definition) is 0. The van der Waals surface area contributed by atoms with E-state index in [1.807, 2.05) is 14.0 Å². The summed E-state index contributed by atoms with van der Waals surface area (Å²) in [5, 5.41) is 0. The second-order valence-electron chi connectivity index (χ2n) is 2.06. The summed E-state index contributed by atoms with van der Waals surface area (Å²) < 4.78 is 0. The molecule has 0 aliphatic carbocycles. The van der Waals surface area contributed by atoms with Crippen molar-refractivity contribution in [2.75, 3.05) is 7.05 Å². The number of carbonyl (C=O) groups is 1. The molecule has 2 nitrogen and oxygen atoms in total. The van der Waals surface area contributed by atoms with E-state index < -0.39 is 0 Å². The molecule has 0 bridgehead atoms. The lowest BCUT2D eigenvalue weighted by Gasteiger charge is -2.34. The third kappa shape index (κ3) is 0.501. The Balaban J connectivity index is 2.43. The zero-order valence-corrected chi connectivity index (χ0v) is 4.64. The fourth-order valence-corrected chi connectivity index (χ4v) is 0.667. The van der Waals surface area contributed by atoms with Crippen LogP contribution in [0.5, 0.6) is 0 Å². The number of hydrogen-bond acceptors (Lipinski definition) is 1. The van der Waals surface area contributed by atoms with E-state index in [0.29, 0.717) is 6.04 Å². The van der Waals surface area contributed by atoms with Gasteiger partial charge in [0.05, 0.1) is 0 Å². The predicted octanol–water partition coefficient (Wildman–Crippen LogP) is 0.237. The maximum atomic E-state index is 10.4. The van der Waals surface area contributed by atoms with Gasteiger partial charge in [-0.1, -0.05) is 0 Å². The maximum absolute atomic E-state index is 10.4. The van der Waals surface area contributed by atoms with E-state index in [1.165, 1.54) is 0 Å². The molecule has 0 spiro atoms. The first kappa shape index (κ1) is 4.62. The molecule has 0 aromatic carbocycles. The first-order chi connectivity index (χ1) is 3.22. The Morgan fingerprint density at radius 2 is 2.43 bits per heavy atom. The van der Waals surface area contributed by atoms with Gasteiger partial charge >= 0.3 is 0 Å². The summed E-state index contributed by atoms with van der Waals surface area (Å²) in [5.74, 6) is 0.271. The third-order valence-corrected chi connectivity index (χ3v) is 1.52. The Kier molecular flexibility index (Phi) is 0.805. The molecule has 1 fully saturated rings. The van der Waals surface area contributed by atoms with Crippen LogP contribution in [0.3, 0.4) is 0 Å². The van der Waals surface area contributed by atoms with Crippen molar-refractivity contribution in [3.63, 3.8) is 0 Å². The Hall–Kier alpha value is -0.530. The van der Waals surface area contributed by atoms with E-state index in [-0.39, 0.29) is 5.91 Å². The highest BCUT2D eigenvalue weighted by Crippen LogP contribution is 2.13. The summed E-state index contributed by atoms with van der Waals surface area (Å²) in [7, 11) is 1.83. The van der Waals surface area contributed by atoms with Gasteiger partial charge in [0.2, 0.25) is 5.91 Å². The summed E-state index contributed by atoms with van der Waals surface area (Å²) in [6.07, 6.45) is 0.747. The SMILES string of the molecule is CC1CC(=O)N1C. The minimum Gasteiger partial charge on any atom is -0.342 e. The van der Waals surface area contributed by atoms with Gasteiger partial charge in [0, 0.05) is 19.5 Å². The molecule has 1 rings (SSSR count). The van der Waals surface area contributed by atoms with Crippen LogP contribution in [-0.4, -0.2) is 23.9 Å². The van der Waals surface area contributed by atoms with Crippen LogP contribution >= 0.6 is 0 Å². The monoisotopic (exact) mass is 99.1 g/mol. The first-order valence-electron chi connectivity index (χ1n) is 2.47. The van der Waals surface area contributed by atoms with Gasteiger partial charge in [0.25, 0.3) is 0 Å². The number of carbonyl (C=O) groups excluding carboxylic acids is 1. The van der Waals surface area contributed by atoms with Crippen molar-refractivity contribution < 1.29 is 4.79 Å². The van der Waals surface area contributed by atoms with Crippen LogP contribution in [0, 0.1) is 0 Å². The number of amides is 1. The van der Waals surface area contributed by atoms with Gasteiger partial charge < -0.3 is 4.90 Å². The van der Waals surface area contributed by atoms with Crippen molar-refractivity contribution in [1.82, 2.24) is 4.90 Å². The molecule has 1 heterocycles. The average Bonchev–Trinajstić information content (AvgIpc) is 1.68. The van der Waals surface area contributed by atoms with Crippen LogP contribution in [0.1, 0.15) is 13.3 Å². The molecule has 0 saturated carbocycles. The third-order valence-electron chi connectivity index (χ3n) is 1.52. The van der Waals surface area contributed by atoms with E-state index in [9.17, 15) is 4.79 Å². The van der Waals surface area contributed by atoms with Crippen molar-refractivity contribution in [3.05, 3.63) is 0 Å². The average molecular weight is 99.1 g/mol. The Labute approximate surface area is 43.1 Å². The summed E-state index contributed by atoms with van der Waals surface area (Å²) in [5.41, 5.74) is 0. The molecular formula is C5H9NO. The summed E-state index contributed by atoms with van der Waals surface area (Å²) in [6.45, 7) is 2.04. The fourth-order valence-electron chi connectivity index (χ4n) is 0.667. The van der Waals surface area contributed by atoms with Gasteiger partial charge in [0.1, 0.15) is 0 Å². The van der Waals surface area contributed by atoms with Gasteiger partial charge in [-0.3, -0.25) is 4.79 Å². The molecular weight excluding hydrogens is 90.1 g/mol. The van der Waals surface area contributed by atoms with Crippen LogP contribution in [-0.2, 0) is 4.79 Å². The standard InChI is InChI=1S/C5H9NO/c1-4-3-5(7)6(4)2/h4H,3H2,1-2H3.